The summed E-state index contributed by atoms with van der Waals surface area (Å²) in [5.74, 6) is -0.876. The molecule has 0 bridgehead atoms. The Morgan fingerprint density at radius 2 is 2.14 bits per heavy atom. The molecule has 0 saturated carbocycles. The molecule has 2 rings (SSSR count). The zero-order chi connectivity index (χ0) is 10.3. The Labute approximate surface area is 87.6 Å². The van der Waals surface area contributed by atoms with E-state index in [9.17, 15) is 12.8 Å². The van der Waals surface area contributed by atoms with Crippen LogP contribution in [0.3, 0.4) is 0 Å². The van der Waals surface area contributed by atoms with E-state index < -0.39 is 19.8 Å². The lowest BCUT2D eigenvalue weighted by Gasteiger charge is -1.97. The van der Waals surface area contributed by atoms with Crippen molar-refractivity contribution in [1.82, 2.24) is 4.98 Å². The summed E-state index contributed by atoms with van der Waals surface area (Å²) in [5.41, 5.74) is 1.94. The molecule has 0 N–H and O–H groups in total. The van der Waals surface area contributed by atoms with E-state index in [0.717, 1.165) is 6.07 Å². The molecule has 0 radical (unpaired) electrons. The van der Waals surface area contributed by atoms with Gasteiger partial charge in [-0.15, -0.1) is 11.3 Å². The molecule has 0 atom stereocenters. The van der Waals surface area contributed by atoms with Gasteiger partial charge in [0, 0.05) is 16.7 Å². The first kappa shape index (κ1) is 9.82. The van der Waals surface area contributed by atoms with Gasteiger partial charge in [0.15, 0.2) is 0 Å². The van der Waals surface area contributed by atoms with Crippen LogP contribution in [0, 0.1) is 5.82 Å². The van der Waals surface area contributed by atoms with Crippen molar-refractivity contribution in [3.63, 3.8) is 0 Å². The molecule has 0 aliphatic rings. The van der Waals surface area contributed by atoms with Crippen molar-refractivity contribution in [2.45, 2.75) is 4.90 Å². The fourth-order valence-electron chi connectivity index (χ4n) is 1.05. The van der Waals surface area contributed by atoms with Gasteiger partial charge >= 0.3 is 0 Å². The monoisotopic (exact) mass is 251 g/mol. The molecular weight excluding hydrogens is 249 g/mol. The predicted molar refractivity (Wildman–Crippen MR) is 52.6 cm³/mol. The standard InChI is InChI=1S/C7H3ClFNO2S2/c8-14(11,12)7-2-6-5(1-4(7)9)10-3-13-6/h1-3H. The van der Waals surface area contributed by atoms with Crippen LogP contribution in [0.4, 0.5) is 4.39 Å². The highest BCUT2D eigenvalue weighted by molar-refractivity contribution is 8.13. The van der Waals surface area contributed by atoms with Gasteiger partial charge in [-0.05, 0) is 6.07 Å². The van der Waals surface area contributed by atoms with Gasteiger partial charge in [-0.2, -0.15) is 0 Å². The molecule has 1 aromatic heterocycles. The third-order valence-electron chi connectivity index (χ3n) is 1.65. The van der Waals surface area contributed by atoms with E-state index in [4.69, 9.17) is 10.7 Å². The Morgan fingerprint density at radius 1 is 1.43 bits per heavy atom. The highest BCUT2D eigenvalue weighted by atomic mass is 35.7. The molecule has 0 spiro atoms. The van der Waals surface area contributed by atoms with E-state index in [1.807, 2.05) is 0 Å². The van der Waals surface area contributed by atoms with Gasteiger partial charge in [0.2, 0.25) is 0 Å². The SMILES string of the molecule is O=S(=O)(Cl)c1cc2scnc2cc1F. The van der Waals surface area contributed by atoms with Gasteiger partial charge in [0.25, 0.3) is 9.05 Å². The summed E-state index contributed by atoms with van der Waals surface area (Å²) in [6.07, 6.45) is 0. The number of benzene rings is 1. The van der Waals surface area contributed by atoms with Crippen LogP contribution in [0.1, 0.15) is 0 Å². The van der Waals surface area contributed by atoms with Crippen molar-refractivity contribution in [1.29, 1.82) is 0 Å². The molecule has 0 unspecified atom stereocenters. The summed E-state index contributed by atoms with van der Waals surface area (Å²) in [5, 5.41) is 0. The number of rotatable bonds is 1. The number of aromatic nitrogens is 1. The fourth-order valence-corrected chi connectivity index (χ4v) is 2.72. The van der Waals surface area contributed by atoms with E-state index in [2.05, 4.69) is 4.98 Å². The fraction of sp³-hybridized carbons (Fsp3) is 0. The molecule has 1 aromatic carbocycles. The van der Waals surface area contributed by atoms with Gasteiger partial charge in [-0.25, -0.2) is 17.8 Å². The summed E-state index contributed by atoms with van der Waals surface area (Å²) >= 11 is 1.23. The normalized spacial score (nSPS) is 12.1. The molecule has 0 aliphatic carbocycles. The van der Waals surface area contributed by atoms with E-state index in [1.165, 1.54) is 22.9 Å². The number of hydrogen-bond acceptors (Lipinski definition) is 4. The third kappa shape index (κ3) is 1.60. The Morgan fingerprint density at radius 3 is 2.79 bits per heavy atom. The number of fused-ring (bicyclic) bond motifs is 1. The van der Waals surface area contributed by atoms with Crippen molar-refractivity contribution in [2.75, 3.05) is 0 Å². The van der Waals surface area contributed by atoms with Gasteiger partial charge in [-0.3, -0.25) is 0 Å². The summed E-state index contributed by atoms with van der Waals surface area (Å²) in [7, 11) is 1.02. The largest absolute Gasteiger partial charge is 0.264 e. The zero-order valence-electron chi connectivity index (χ0n) is 6.57. The zero-order valence-corrected chi connectivity index (χ0v) is 8.96. The maximum atomic E-state index is 13.2. The molecule has 1 heterocycles. The van der Waals surface area contributed by atoms with Crippen LogP contribution in [-0.2, 0) is 9.05 Å². The van der Waals surface area contributed by atoms with Crippen molar-refractivity contribution < 1.29 is 12.8 Å². The second-order valence-electron chi connectivity index (χ2n) is 2.54. The predicted octanol–water partition coefficient (Wildman–Crippen LogP) is 2.36. The highest BCUT2D eigenvalue weighted by Gasteiger charge is 2.17. The Bertz CT molecular complexity index is 593. The lowest BCUT2D eigenvalue weighted by molar-refractivity contribution is 0.577. The average molecular weight is 252 g/mol. The first-order chi connectivity index (χ1) is 6.48. The maximum absolute atomic E-state index is 13.2. The van der Waals surface area contributed by atoms with E-state index in [-0.39, 0.29) is 0 Å². The molecule has 0 fully saturated rings. The second kappa shape index (κ2) is 3.15. The summed E-state index contributed by atoms with van der Waals surface area (Å²) in [4.78, 5) is 3.34. The molecule has 3 nitrogen and oxygen atoms in total. The van der Waals surface area contributed by atoms with Crippen molar-refractivity contribution in [2.24, 2.45) is 0 Å². The topological polar surface area (TPSA) is 47.0 Å². The van der Waals surface area contributed by atoms with Gasteiger partial charge in [0.1, 0.15) is 10.7 Å². The summed E-state index contributed by atoms with van der Waals surface area (Å²) in [6, 6.07) is 2.24. The van der Waals surface area contributed by atoms with Crippen LogP contribution in [0.15, 0.2) is 22.5 Å². The summed E-state index contributed by atoms with van der Waals surface area (Å²) < 4.78 is 35.6. The Kier molecular flexibility index (Phi) is 2.21. The molecule has 2 aromatic rings. The minimum atomic E-state index is -4.03. The molecular formula is C7H3ClFNO2S2. The van der Waals surface area contributed by atoms with Crippen LogP contribution in [-0.4, -0.2) is 13.4 Å². The van der Waals surface area contributed by atoms with E-state index in [0.29, 0.717) is 10.2 Å². The summed E-state index contributed by atoms with van der Waals surface area (Å²) in [6.45, 7) is 0. The Hall–Kier alpha value is -0.720. The minimum absolute atomic E-state index is 0.427. The van der Waals surface area contributed by atoms with Crippen molar-refractivity contribution >= 4 is 41.3 Å². The number of hydrogen-bond donors (Lipinski definition) is 0. The number of halogens is 2. The van der Waals surface area contributed by atoms with Crippen LogP contribution >= 0.6 is 22.0 Å². The molecule has 0 amide bonds. The van der Waals surface area contributed by atoms with Crippen LogP contribution < -0.4 is 0 Å². The smallest absolute Gasteiger partial charge is 0.245 e. The lowest BCUT2D eigenvalue weighted by Crippen LogP contribution is -1.94. The number of nitrogens with zero attached hydrogens (tertiary/aromatic N) is 1. The highest BCUT2D eigenvalue weighted by Crippen LogP contribution is 2.26. The first-order valence-electron chi connectivity index (χ1n) is 3.46. The van der Waals surface area contributed by atoms with Gasteiger partial charge < -0.3 is 0 Å². The van der Waals surface area contributed by atoms with Crippen molar-refractivity contribution in [3.05, 3.63) is 23.5 Å². The third-order valence-corrected chi connectivity index (χ3v) is 3.78. The average Bonchev–Trinajstić information content (AvgIpc) is 2.47. The molecule has 0 aliphatic heterocycles. The van der Waals surface area contributed by atoms with E-state index >= 15 is 0 Å². The van der Waals surface area contributed by atoms with Crippen molar-refractivity contribution in [3.8, 4) is 0 Å². The van der Waals surface area contributed by atoms with Crippen LogP contribution in [0.25, 0.3) is 10.2 Å². The molecule has 14 heavy (non-hydrogen) atoms. The number of thiazole rings is 1. The van der Waals surface area contributed by atoms with Gasteiger partial charge in [-0.1, -0.05) is 0 Å². The van der Waals surface area contributed by atoms with Crippen LogP contribution in [0.5, 0.6) is 0 Å². The lowest BCUT2D eigenvalue weighted by atomic mass is 10.3. The minimum Gasteiger partial charge on any atom is -0.245 e. The Balaban J connectivity index is 2.84. The second-order valence-corrected chi connectivity index (χ2v) is 5.96. The molecule has 74 valence electrons. The molecule has 7 heteroatoms. The van der Waals surface area contributed by atoms with E-state index in [1.54, 1.807) is 0 Å². The first-order valence-corrected chi connectivity index (χ1v) is 6.65. The van der Waals surface area contributed by atoms with Gasteiger partial charge in [0.05, 0.1) is 15.7 Å². The quantitative estimate of drug-likeness (QED) is 0.731. The van der Waals surface area contributed by atoms with Crippen LogP contribution in [0.2, 0.25) is 0 Å². The maximum Gasteiger partial charge on any atom is 0.264 e. The molecule has 0 saturated heterocycles.